The van der Waals surface area contributed by atoms with Gasteiger partial charge in [0, 0.05) is 23.5 Å². The van der Waals surface area contributed by atoms with Crippen LogP contribution in [0.1, 0.15) is 31.2 Å². The predicted octanol–water partition coefficient (Wildman–Crippen LogP) is 2.71. The second-order valence-electron chi connectivity index (χ2n) is 5.22. The van der Waals surface area contributed by atoms with Crippen LogP contribution in [0.15, 0.2) is 30.5 Å². The van der Waals surface area contributed by atoms with Crippen LogP contribution in [0.25, 0.3) is 10.9 Å². The molecule has 18 heavy (non-hydrogen) atoms. The fraction of sp³-hybridized carbons (Fsp3) is 0.400. The van der Waals surface area contributed by atoms with Crippen molar-refractivity contribution in [1.29, 1.82) is 0 Å². The molecule has 3 N–H and O–H groups in total. The lowest BCUT2D eigenvalue weighted by atomic mass is 9.77. The molecule has 1 aliphatic carbocycles. The molecular formula is C15H18N2O. The molecule has 0 bridgehead atoms. The Labute approximate surface area is 107 Å². The number of rotatable bonds is 2. The monoisotopic (exact) mass is 242 g/mol. The summed E-state index contributed by atoms with van der Waals surface area (Å²) >= 11 is 0. The quantitative estimate of drug-likeness (QED) is 0.851. The molecule has 0 unspecified atom stereocenters. The van der Waals surface area contributed by atoms with Gasteiger partial charge in [-0.3, -0.25) is 4.98 Å². The highest BCUT2D eigenvalue weighted by atomic mass is 16.3. The van der Waals surface area contributed by atoms with E-state index in [0.29, 0.717) is 12.1 Å². The zero-order valence-corrected chi connectivity index (χ0v) is 10.4. The number of aromatic nitrogens is 1. The van der Waals surface area contributed by atoms with Crippen LogP contribution in [0.2, 0.25) is 0 Å². The molecule has 0 aliphatic heterocycles. The second-order valence-corrected chi connectivity index (χ2v) is 5.22. The van der Waals surface area contributed by atoms with Gasteiger partial charge in [-0.2, -0.15) is 0 Å². The number of hydrogen-bond donors (Lipinski definition) is 2. The zero-order valence-electron chi connectivity index (χ0n) is 10.4. The summed E-state index contributed by atoms with van der Waals surface area (Å²) in [6.07, 6.45) is 6.53. The largest absolute Gasteiger partial charge is 0.506 e. The molecule has 0 amide bonds. The molecule has 0 saturated heterocycles. The third kappa shape index (κ3) is 1.58. The lowest BCUT2D eigenvalue weighted by Gasteiger charge is -2.29. The van der Waals surface area contributed by atoms with Crippen molar-refractivity contribution >= 4 is 10.9 Å². The van der Waals surface area contributed by atoms with Crippen molar-refractivity contribution in [2.75, 3.05) is 6.54 Å². The van der Waals surface area contributed by atoms with E-state index in [1.807, 2.05) is 12.1 Å². The Morgan fingerprint density at radius 3 is 2.72 bits per heavy atom. The number of pyridine rings is 1. The Kier molecular flexibility index (Phi) is 2.71. The minimum Gasteiger partial charge on any atom is -0.506 e. The van der Waals surface area contributed by atoms with Gasteiger partial charge in [-0.15, -0.1) is 0 Å². The average molecular weight is 242 g/mol. The topological polar surface area (TPSA) is 59.1 Å². The van der Waals surface area contributed by atoms with Gasteiger partial charge in [0.05, 0.1) is 0 Å². The molecule has 1 aromatic heterocycles. The fourth-order valence-electron chi connectivity index (χ4n) is 3.26. The molecule has 0 radical (unpaired) electrons. The van der Waals surface area contributed by atoms with Crippen LogP contribution in [0.5, 0.6) is 5.75 Å². The normalized spacial score (nSPS) is 18.3. The first-order valence-electron chi connectivity index (χ1n) is 6.54. The number of fused-ring (bicyclic) bond motifs is 1. The first-order valence-corrected chi connectivity index (χ1v) is 6.54. The molecule has 1 aliphatic rings. The lowest BCUT2D eigenvalue weighted by molar-refractivity contribution is 0.456. The average Bonchev–Trinajstić information content (AvgIpc) is 2.89. The van der Waals surface area contributed by atoms with Gasteiger partial charge < -0.3 is 10.8 Å². The molecule has 1 heterocycles. The summed E-state index contributed by atoms with van der Waals surface area (Å²) < 4.78 is 0. The van der Waals surface area contributed by atoms with Crippen molar-refractivity contribution < 1.29 is 5.11 Å². The highest BCUT2D eigenvalue weighted by Crippen LogP contribution is 2.43. The molecule has 0 spiro atoms. The maximum atomic E-state index is 9.90. The van der Waals surface area contributed by atoms with Crippen molar-refractivity contribution in [3.8, 4) is 5.75 Å². The van der Waals surface area contributed by atoms with Crippen molar-refractivity contribution in [3.05, 3.63) is 36.0 Å². The van der Waals surface area contributed by atoms with Gasteiger partial charge in [-0.25, -0.2) is 0 Å². The van der Waals surface area contributed by atoms with E-state index in [-0.39, 0.29) is 11.2 Å². The maximum absolute atomic E-state index is 9.90. The van der Waals surface area contributed by atoms with Crippen LogP contribution in [-0.4, -0.2) is 16.6 Å². The highest BCUT2D eigenvalue weighted by molar-refractivity contribution is 5.87. The van der Waals surface area contributed by atoms with Crippen molar-refractivity contribution in [2.24, 2.45) is 5.73 Å². The standard InChI is InChI=1S/C15H18N2O/c16-10-15(7-1-2-8-15)12-6-9-17-14-11(12)4-3-5-13(14)18/h3-6,9,18H,1-2,7-8,10,16H2. The minimum atomic E-state index is 0.0784. The SMILES string of the molecule is NCC1(c2ccnc3c(O)cccc23)CCCC1. The van der Waals surface area contributed by atoms with Gasteiger partial charge in [-0.1, -0.05) is 25.0 Å². The molecular weight excluding hydrogens is 224 g/mol. The fourth-order valence-corrected chi connectivity index (χ4v) is 3.26. The summed E-state index contributed by atoms with van der Waals surface area (Å²) in [7, 11) is 0. The van der Waals surface area contributed by atoms with Crippen LogP contribution in [0, 0.1) is 0 Å². The first kappa shape index (κ1) is 11.5. The van der Waals surface area contributed by atoms with E-state index in [2.05, 4.69) is 11.1 Å². The van der Waals surface area contributed by atoms with E-state index in [0.717, 1.165) is 18.2 Å². The van der Waals surface area contributed by atoms with E-state index in [4.69, 9.17) is 5.73 Å². The Balaban J connectivity index is 2.26. The van der Waals surface area contributed by atoms with Crippen LogP contribution in [0.3, 0.4) is 0 Å². The number of nitrogens with zero attached hydrogens (tertiary/aromatic N) is 1. The van der Waals surface area contributed by atoms with Crippen molar-refractivity contribution in [1.82, 2.24) is 4.98 Å². The smallest absolute Gasteiger partial charge is 0.141 e. The van der Waals surface area contributed by atoms with Crippen LogP contribution < -0.4 is 5.73 Å². The third-order valence-electron chi connectivity index (χ3n) is 4.27. The minimum absolute atomic E-state index is 0.0784. The maximum Gasteiger partial charge on any atom is 0.141 e. The van der Waals surface area contributed by atoms with E-state index in [9.17, 15) is 5.11 Å². The van der Waals surface area contributed by atoms with Crippen LogP contribution in [-0.2, 0) is 5.41 Å². The summed E-state index contributed by atoms with van der Waals surface area (Å²) in [4.78, 5) is 4.29. The van der Waals surface area contributed by atoms with Gasteiger partial charge in [-0.05, 0) is 30.5 Å². The Bertz CT molecular complexity index is 574. The summed E-state index contributed by atoms with van der Waals surface area (Å²) in [5, 5.41) is 10.9. The molecule has 94 valence electrons. The third-order valence-corrected chi connectivity index (χ3v) is 4.27. The van der Waals surface area contributed by atoms with Crippen molar-refractivity contribution in [3.63, 3.8) is 0 Å². The van der Waals surface area contributed by atoms with Crippen LogP contribution >= 0.6 is 0 Å². The molecule has 3 rings (SSSR count). The molecule has 3 nitrogen and oxygen atoms in total. The van der Waals surface area contributed by atoms with Crippen molar-refractivity contribution in [2.45, 2.75) is 31.1 Å². The van der Waals surface area contributed by atoms with Gasteiger partial charge in [0.1, 0.15) is 11.3 Å². The van der Waals surface area contributed by atoms with E-state index in [1.165, 1.54) is 18.4 Å². The van der Waals surface area contributed by atoms with Gasteiger partial charge in [0.2, 0.25) is 0 Å². The van der Waals surface area contributed by atoms with E-state index < -0.39 is 0 Å². The van der Waals surface area contributed by atoms with E-state index >= 15 is 0 Å². The number of hydrogen-bond acceptors (Lipinski definition) is 3. The van der Waals surface area contributed by atoms with Crippen LogP contribution in [0.4, 0.5) is 0 Å². The molecule has 1 saturated carbocycles. The number of nitrogens with two attached hydrogens (primary N) is 1. The van der Waals surface area contributed by atoms with Gasteiger partial charge in [0.25, 0.3) is 0 Å². The number of phenolic OH excluding ortho intramolecular Hbond substituents is 1. The highest BCUT2D eigenvalue weighted by Gasteiger charge is 2.35. The molecule has 1 aromatic carbocycles. The van der Waals surface area contributed by atoms with E-state index in [1.54, 1.807) is 12.3 Å². The Morgan fingerprint density at radius 2 is 2.00 bits per heavy atom. The second kappa shape index (κ2) is 4.25. The summed E-state index contributed by atoms with van der Waals surface area (Å²) in [5.74, 6) is 0.250. The number of phenols is 1. The first-order chi connectivity index (χ1) is 8.77. The number of aromatic hydroxyl groups is 1. The Morgan fingerprint density at radius 1 is 1.22 bits per heavy atom. The van der Waals surface area contributed by atoms with Gasteiger partial charge in [0.15, 0.2) is 0 Å². The molecule has 0 atom stereocenters. The summed E-state index contributed by atoms with van der Waals surface area (Å²) in [5.41, 5.74) is 8.07. The van der Waals surface area contributed by atoms with Gasteiger partial charge >= 0.3 is 0 Å². The molecule has 2 aromatic rings. The molecule has 1 fully saturated rings. The Hall–Kier alpha value is -1.61. The predicted molar refractivity (Wildman–Crippen MR) is 72.6 cm³/mol. The zero-order chi connectivity index (χ0) is 12.6. The number of para-hydroxylation sites is 1. The molecule has 3 heteroatoms. The summed E-state index contributed by atoms with van der Waals surface area (Å²) in [6, 6.07) is 7.66. The summed E-state index contributed by atoms with van der Waals surface area (Å²) in [6.45, 7) is 0.668. The number of benzene rings is 1. The lowest BCUT2D eigenvalue weighted by Crippen LogP contribution is -2.32.